The summed E-state index contributed by atoms with van der Waals surface area (Å²) in [5.74, 6) is -0.256. The van der Waals surface area contributed by atoms with Crippen LogP contribution >= 0.6 is 0 Å². The van der Waals surface area contributed by atoms with E-state index in [1.165, 1.54) is 6.20 Å². The van der Waals surface area contributed by atoms with Gasteiger partial charge in [-0.3, -0.25) is 9.78 Å². The van der Waals surface area contributed by atoms with Crippen LogP contribution in [-0.2, 0) is 0 Å². The first-order valence-electron chi connectivity index (χ1n) is 6.44. The van der Waals surface area contributed by atoms with Gasteiger partial charge in [0, 0.05) is 6.20 Å². The molecule has 1 fully saturated rings. The lowest BCUT2D eigenvalue weighted by atomic mass is 10.1. The van der Waals surface area contributed by atoms with E-state index in [2.05, 4.69) is 15.3 Å². The first-order valence-corrected chi connectivity index (χ1v) is 6.44. The SMILES string of the molecule is Cc1cnc(C(=O)NC2CCCCCC2O)cn1. The van der Waals surface area contributed by atoms with Gasteiger partial charge in [0.2, 0.25) is 0 Å². The van der Waals surface area contributed by atoms with Gasteiger partial charge < -0.3 is 10.4 Å². The molecule has 1 aromatic rings. The van der Waals surface area contributed by atoms with E-state index in [1.807, 2.05) is 6.92 Å². The van der Waals surface area contributed by atoms with Crippen molar-refractivity contribution in [3.05, 3.63) is 23.8 Å². The molecule has 0 aromatic carbocycles. The Morgan fingerprint density at radius 3 is 2.78 bits per heavy atom. The van der Waals surface area contributed by atoms with Gasteiger partial charge in [-0.25, -0.2) is 4.98 Å². The summed E-state index contributed by atoms with van der Waals surface area (Å²) in [4.78, 5) is 20.0. The van der Waals surface area contributed by atoms with Crippen molar-refractivity contribution in [2.75, 3.05) is 0 Å². The second-order valence-corrected chi connectivity index (χ2v) is 4.83. The molecule has 0 spiro atoms. The molecule has 1 heterocycles. The number of carbonyl (C=O) groups is 1. The van der Waals surface area contributed by atoms with Gasteiger partial charge in [-0.1, -0.05) is 19.3 Å². The summed E-state index contributed by atoms with van der Waals surface area (Å²) in [5, 5.41) is 12.8. The maximum atomic E-state index is 12.0. The fourth-order valence-electron chi connectivity index (χ4n) is 2.21. The highest BCUT2D eigenvalue weighted by Gasteiger charge is 2.23. The fourth-order valence-corrected chi connectivity index (χ4v) is 2.21. The highest BCUT2D eigenvalue weighted by molar-refractivity contribution is 5.92. The molecule has 1 saturated carbocycles. The first kappa shape index (κ1) is 13.0. The van der Waals surface area contributed by atoms with E-state index < -0.39 is 6.10 Å². The van der Waals surface area contributed by atoms with Gasteiger partial charge in [0.15, 0.2) is 0 Å². The molecule has 5 heteroatoms. The third kappa shape index (κ3) is 3.26. The Morgan fingerprint density at radius 1 is 1.28 bits per heavy atom. The van der Waals surface area contributed by atoms with Gasteiger partial charge >= 0.3 is 0 Å². The van der Waals surface area contributed by atoms with Crippen molar-refractivity contribution in [2.24, 2.45) is 0 Å². The molecule has 0 saturated heterocycles. The number of hydrogen-bond acceptors (Lipinski definition) is 4. The van der Waals surface area contributed by atoms with Gasteiger partial charge in [-0.15, -0.1) is 0 Å². The maximum absolute atomic E-state index is 12.0. The smallest absolute Gasteiger partial charge is 0.271 e. The molecule has 1 amide bonds. The molecule has 0 radical (unpaired) electrons. The molecule has 5 nitrogen and oxygen atoms in total. The zero-order chi connectivity index (χ0) is 13.0. The van der Waals surface area contributed by atoms with Crippen LogP contribution in [0, 0.1) is 6.92 Å². The normalized spacial score (nSPS) is 24.3. The second kappa shape index (κ2) is 5.91. The number of nitrogens with one attached hydrogen (secondary N) is 1. The molecule has 2 rings (SSSR count). The topological polar surface area (TPSA) is 75.1 Å². The number of aliphatic hydroxyl groups excluding tert-OH is 1. The zero-order valence-corrected chi connectivity index (χ0v) is 10.6. The first-order chi connectivity index (χ1) is 8.66. The number of carbonyl (C=O) groups excluding carboxylic acids is 1. The van der Waals surface area contributed by atoms with Crippen LogP contribution in [0.5, 0.6) is 0 Å². The van der Waals surface area contributed by atoms with Crippen molar-refractivity contribution in [1.82, 2.24) is 15.3 Å². The lowest BCUT2D eigenvalue weighted by Crippen LogP contribution is -2.43. The maximum Gasteiger partial charge on any atom is 0.271 e. The lowest BCUT2D eigenvalue weighted by molar-refractivity contribution is 0.0814. The van der Waals surface area contributed by atoms with Crippen LogP contribution in [0.3, 0.4) is 0 Å². The van der Waals surface area contributed by atoms with Crippen molar-refractivity contribution in [1.29, 1.82) is 0 Å². The van der Waals surface area contributed by atoms with Gasteiger partial charge in [-0.05, 0) is 19.8 Å². The predicted molar refractivity (Wildman–Crippen MR) is 67.1 cm³/mol. The molecular formula is C13H19N3O2. The number of nitrogens with zero attached hydrogens (tertiary/aromatic N) is 2. The van der Waals surface area contributed by atoms with Crippen LogP contribution in [0.1, 0.15) is 48.3 Å². The van der Waals surface area contributed by atoms with E-state index in [1.54, 1.807) is 6.20 Å². The predicted octanol–water partition coefficient (Wildman–Crippen LogP) is 1.21. The summed E-state index contributed by atoms with van der Waals surface area (Å²) < 4.78 is 0. The van der Waals surface area contributed by atoms with Crippen molar-refractivity contribution < 1.29 is 9.90 Å². The summed E-state index contributed by atoms with van der Waals surface area (Å²) >= 11 is 0. The molecule has 2 unspecified atom stereocenters. The van der Waals surface area contributed by atoms with E-state index in [0.717, 1.165) is 37.8 Å². The quantitative estimate of drug-likeness (QED) is 0.772. The van der Waals surface area contributed by atoms with Crippen LogP contribution in [0.2, 0.25) is 0 Å². The summed E-state index contributed by atoms with van der Waals surface area (Å²) in [6, 6.07) is -0.164. The fraction of sp³-hybridized carbons (Fsp3) is 0.615. The Labute approximate surface area is 107 Å². The Bertz CT molecular complexity index is 405. The summed E-state index contributed by atoms with van der Waals surface area (Å²) in [6.07, 6.45) is 7.35. The number of aliphatic hydroxyl groups is 1. The molecule has 1 aliphatic carbocycles. The molecule has 0 aliphatic heterocycles. The Kier molecular flexibility index (Phi) is 4.25. The minimum absolute atomic E-state index is 0.164. The van der Waals surface area contributed by atoms with Crippen LogP contribution in [0.25, 0.3) is 0 Å². The van der Waals surface area contributed by atoms with Crippen molar-refractivity contribution in [3.8, 4) is 0 Å². The molecule has 2 N–H and O–H groups in total. The average Bonchev–Trinajstić information content (AvgIpc) is 2.56. The minimum atomic E-state index is -0.449. The Morgan fingerprint density at radius 2 is 2.06 bits per heavy atom. The molecule has 98 valence electrons. The van der Waals surface area contributed by atoms with Gasteiger partial charge in [-0.2, -0.15) is 0 Å². The third-order valence-electron chi connectivity index (χ3n) is 3.31. The van der Waals surface area contributed by atoms with E-state index in [9.17, 15) is 9.90 Å². The second-order valence-electron chi connectivity index (χ2n) is 4.83. The van der Waals surface area contributed by atoms with Crippen LogP contribution in [-0.4, -0.2) is 33.1 Å². The van der Waals surface area contributed by atoms with E-state index >= 15 is 0 Å². The van der Waals surface area contributed by atoms with E-state index in [-0.39, 0.29) is 11.9 Å². The summed E-state index contributed by atoms with van der Waals surface area (Å²) in [6.45, 7) is 1.82. The third-order valence-corrected chi connectivity index (χ3v) is 3.31. The average molecular weight is 249 g/mol. The van der Waals surface area contributed by atoms with Gasteiger partial charge in [0.05, 0.1) is 24.0 Å². The van der Waals surface area contributed by atoms with Crippen molar-refractivity contribution in [2.45, 2.75) is 51.2 Å². The van der Waals surface area contributed by atoms with Gasteiger partial charge in [0.1, 0.15) is 5.69 Å². The number of aryl methyl sites for hydroxylation is 1. The summed E-state index contributed by atoms with van der Waals surface area (Å²) in [5.41, 5.74) is 1.08. The number of aromatic nitrogens is 2. The standard InChI is InChI=1S/C13H19N3O2/c1-9-7-15-11(8-14-9)13(18)16-10-5-3-2-4-6-12(10)17/h7-8,10,12,17H,2-6H2,1H3,(H,16,18). The lowest BCUT2D eigenvalue weighted by Gasteiger charge is -2.21. The van der Waals surface area contributed by atoms with E-state index in [0.29, 0.717) is 5.69 Å². The highest BCUT2D eigenvalue weighted by atomic mass is 16.3. The molecule has 18 heavy (non-hydrogen) atoms. The number of amides is 1. The summed E-state index contributed by atoms with van der Waals surface area (Å²) in [7, 11) is 0. The molecular weight excluding hydrogens is 230 g/mol. The Balaban J connectivity index is 1.99. The number of rotatable bonds is 2. The van der Waals surface area contributed by atoms with E-state index in [4.69, 9.17) is 0 Å². The van der Waals surface area contributed by atoms with Crippen LogP contribution in [0.15, 0.2) is 12.4 Å². The molecule has 0 bridgehead atoms. The largest absolute Gasteiger partial charge is 0.391 e. The molecule has 1 aromatic heterocycles. The van der Waals surface area contributed by atoms with Crippen molar-refractivity contribution >= 4 is 5.91 Å². The molecule has 1 aliphatic rings. The van der Waals surface area contributed by atoms with Crippen LogP contribution in [0.4, 0.5) is 0 Å². The van der Waals surface area contributed by atoms with Crippen LogP contribution < -0.4 is 5.32 Å². The Hall–Kier alpha value is -1.49. The van der Waals surface area contributed by atoms with Gasteiger partial charge in [0.25, 0.3) is 5.91 Å². The minimum Gasteiger partial charge on any atom is -0.391 e. The highest BCUT2D eigenvalue weighted by Crippen LogP contribution is 2.18. The van der Waals surface area contributed by atoms with Crippen molar-refractivity contribution in [3.63, 3.8) is 0 Å². The monoisotopic (exact) mass is 249 g/mol. The zero-order valence-electron chi connectivity index (χ0n) is 10.6. The number of hydrogen-bond donors (Lipinski definition) is 2. The molecule has 2 atom stereocenters.